The number of hydrogen-bond donors (Lipinski definition) is 3. The molecule has 8 heteroatoms. The Hall–Kier alpha value is -2.48. The number of carbonyl (C=O) groups excluding carboxylic acids is 2. The number of hydrogen-bond acceptors (Lipinski definition) is 4. The molecule has 0 spiro atoms. The van der Waals surface area contributed by atoms with Gasteiger partial charge >= 0.3 is 6.03 Å². The molecule has 0 atom stereocenters. The summed E-state index contributed by atoms with van der Waals surface area (Å²) >= 11 is 1.36. The number of aryl methyl sites for hydroxylation is 1. The summed E-state index contributed by atoms with van der Waals surface area (Å²) in [6.45, 7) is 5.30. The molecule has 2 aromatic rings. The van der Waals surface area contributed by atoms with Gasteiger partial charge in [-0.25, -0.2) is 14.2 Å². The number of halogens is 1. The molecule has 2 rings (SSSR count). The van der Waals surface area contributed by atoms with Gasteiger partial charge in [0.25, 0.3) is 0 Å². The predicted octanol–water partition coefficient (Wildman–Crippen LogP) is 2.81. The van der Waals surface area contributed by atoms with Crippen LogP contribution < -0.4 is 16.4 Å². The molecule has 0 saturated heterocycles. The van der Waals surface area contributed by atoms with Gasteiger partial charge in [-0.1, -0.05) is 12.1 Å². The number of urea groups is 1. The van der Waals surface area contributed by atoms with Crippen molar-refractivity contribution < 1.29 is 14.0 Å². The number of nitrogens with two attached hydrogens (primary N) is 1. The van der Waals surface area contributed by atoms with Gasteiger partial charge in [0.1, 0.15) is 5.82 Å². The van der Waals surface area contributed by atoms with Gasteiger partial charge in [-0.3, -0.25) is 10.1 Å². The zero-order valence-corrected chi connectivity index (χ0v) is 15.2. The van der Waals surface area contributed by atoms with Crippen molar-refractivity contribution in [2.75, 3.05) is 11.9 Å². The Morgan fingerprint density at radius 3 is 2.52 bits per heavy atom. The molecule has 0 bridgehead atoms. The molecule has 1 heterocycles. The van der Waals surface area contributed by atoms with Crippen LogP contribution in [0.4, 0.5) is 14.3 Å². The van der Waals surface area contributed by atoms with Crippen molar-refractivity contribution >= 4 is 28.4 Å². The average molecular weight is 364 g/mol. The summed E-state index contributed by atoms with van der Waals surface area (Å²) in [4.78, 5) is 28.5. The highest BCUT2D eigenvalue weighted by Gasteiger charge is 2.25. The van der Waals surface area contributed by atoms with E-state index in [2.05, 4.69) is 15.6 Å². The van der Waals surface area contributed by atoms with E-state index < -0.39 is 17.4 Å². The van der Waals surface area contributed by atoms with Crippen LogP contribution in [0.1, 0.15) is 30.0 Å². The summed E-state index contributed by atoms with van der Waals surface area (Å²) in [5.41, 5.74) is 6.21. The second kappa shape index (κ2) is 7.60. The molecule has 25 heavy (non-hydrogen) atoms. The van der Waals surface area contributed by atoms with Gasteiger partial charge in [-0.15, -0.1) is 11.3 Å². The van der Waals surface area contributed by atoms with Crippen molar-refractivity contribution in [1.82, 2.24) is 10.3 Å². The molecule has 0 saturated carbocycles. The van der Waals surface area contributed by atoms with Crippen molar-refractivity contribution in [3.63, 3.8) is 0 Å². The fourth-order valence-electron chi connectivity index (χ4n) is 1.96. The number of amides is 3. The Labute approximate surface area is 149 Å². The van der Waals surface area contributed by atoms with E-state index in [9.17, 15) is 14.0 Å². The lowest BCUT2D eigenvalue weighted by Gasteiger charge is -2.20. The van der Waals surface area contributed by atoms with Crippen LogP contribution in [0, 0.1) is 18.2 Å². The number of carbonyl (C=O) groups is 2. The summed E-state index contributed by atoms with van der Waals surface area (Å²) in [5.74, 6) is -0.762. The number of thiazole rings is 1. The summed E-state index contributed by atoms with van der Waals surface area (Å²) in [6, 6.07) is 5.83. The topological polar surface area (TPSA) is 97.1 Å². The number of aromatic nitrogens is 1. The summed E-state index contributed by atoms with van der Waals surface area (Å²) in [6.07, 6.45) is 0.613. The molecule has 134 valence electrons. The van der Waals surface area contributed by atoms with Gasteiger partial charge in [-0.2, -0.15) is 0 Å². The summed E-state index contributed by atoms with van der Waals surface area (Å²) in [5, 5.41) is 5.73. The third kappa shape index (κ3) is 5.25. The SMILES string of the molecule is Cc1nc(NC(=O)NCC(C)(C)C(N)=O)sc1Cc1ccc(F)cc1. The number of nitrogens with one attached hydrogen (secondary N) is 2. The number of primary amides is 1. The molecule has 0 radical (unpaired) electrons. The molecule has 0 fully saturated rings. The Morgan fingerprint density at radius 1 is 1.28 bits per heavy atom. The first kappa shape index (κ1) is 18.9. The minimum atomic E-state index is -0.829. The molecule has 3 amide bonds. The quantitative estimate of drug-likeness (QED) is 0.735. The monoisotopic (exact) mass is 364 g/mol. The van der Waals surface area contributed by atoms with Crippen LogP contribution in [0.2, 0.25) is 0 Å². The van der Waals surface area contributed by atoms with E-state index in [0.29, 0.717) is 11.6 Å². The maximum absolute atomic E-state index is 13.0. The first-order valence-corrected chi connectivity index (χ1v) is 8.54. The van der Waals surface area contributed by atoms with Gasteiger partial charge in [-0.05, 0) is 38.5 Å². The van der Waals surface area contributed by atoms with Gasteiger partial charge in [0.2, 0.25) is 5.91 Å². The lowest BCUT2D eigenvalue weighted by Crippen LogP contribution is -2.43. The van der Waals surface area contributed by atoms with E-state index in [1.807, 2.05) is 6.92 Å². The normalized spacial score (nSPS) is 11.2. The largest absolute Gasteiger partial charge is 0.369 e. The number of benzene rings is 1. The van der Waals surface area contributed by atoms with E-state index in [1.54, 1.807) is 26.0 Å². The van der Waals surface area contributed by atoms with E-state index in [1.165, 1.54) is 23.5 Å². The van der Waals surface area contributed by atoms with E-state index >= 15 is 0 Å². The fourth-order valence-corrected chi connectivity index (χ4v) is 2.95. The van der Waals surface area contributed by atoms with Crippen molar-refractivity contribution in [2.45, 2.75) is 27.2 Å². The first-order chi connectivity index (χ1) is 11.7. The molecule has 0 aliphatic carbocycles. The average Bonchev–Trinajstić information content (AvgIpc) is 2.87. The van der Waals surface area contributed by atoms with Crippen LogP contribution in [0.5, 0.6) is 0 Å². The van der Waals surface area contributed by atoms with Crippen molar-refractivity contribution in [2.24, 2.45) is 11.1 Å². The highest BCUT2D eigenvalue weighted by atomic mass is 32.1. The van der Waals surface area contributed by atoms with E-state index in [-0.39, 0.29) is 12.4 Å². The minimum Gasteiger partial charge on any atom is -0.369 e. The summed E-state index contributed by atoms with van der Waals surface area (Å²) < 4.78 is 13.0. The molecular formula is C17H21FN4O2S. The molecule has 4 N–H and O–H groups in total. The van der Waals surface area contributed by atoms with Crippen molar-refractivity contribution in [1.29, 1.82) is 0 Å². The van der Waals surface area contributed by atoms with Crippen LogP contribution >= 0.6 is 11.3 Å². The molecule has 1 aromatic heterocycles. The maximum atomic E-state index is 13.0. The van der Waals surface area contributed by atoms with E-state index in [0.717, 1.165) is 16.1 Å². The Balaban J connectivity index is 1.96. The Bertz CT molecular complexity index is 771. The van der Waals surface area contributed by atoms with Crippen LogP contribution in [0.15, 0.2) is 24.3 Å². The molecule has 6 nitrogen and oxygen atoms in total. The first-order valence-electron chi connectivity index (χ1n) is 7.73. The van der Waals surface area contributed by atoms with E-state index in [4.69, 9.17) is 5.73 Å². The van der Waals surface area contributed by atoms with Crippen LogP contribution in [0.3, 0.4) is 0 Å². The van der Waals surface area contributed by atoms with Crippen LogP contribution in [0.25, 0.3) is 0 Å². The second-order valence-corrected chi connectivity index (χ2v) is 7.47. The zero-order chi connectivity index (χ0) is 18.6. The second-order valence-electron chi connectivity index (χ2n) is 6.39. The lowest BCUT2D eigenvalue weighted by molar-refractivity contribution is -0.125. The fraction of sp³-hybridized carbons (Fsp3) is 0.353. The van der Waals surface area contributed by atoms with Gasteiger partial charge in [0, 0.05) is 17.8 Å². The number of nitrogens with zero attached hydrogens (tertiary/aromatic N) is 1. The van der Waals surface area contributed by atoms with Crippen molar-refractivity contribution in [3.8, 4) is 0 Å². The minimum absolute atomic E-state index is 0.126. The van der Waals surface area contributed by atoms with Gasteiger partial charge in [0.15, 0.2) is 5.13 Å². The van der Waals surface area contributed by atoms with Gasteiger partial charge in [0.05, 0.1) is 11.1 Å². The Kier molecular flexibility index (Phi) is 5.73. The highest BCUT2D eigenvalue weighted by molar-refractivity contribution is 7.15. The van der Waals surface area contributed by atoms with Crippen molar-refractivity contribution in [3.05, 3.63) is 46.2 Å². The third-order valence-corrected chi connectivity index (χ3v) is 4.82. The Morgan fingerprint density at radius 2 is 1.92 bits per heavy atom. The van der Waals surface area contributed by atoms with Crippen LogP contribution in [-0.2, 0) is 11.2 Å². The highest BCUT2D eigenvalue weighted by Crippen LogP contribution is 2.25. The zero-order valence-electron chi connectivity index (χ0n) is 14.4. The number of rotatable bonds is 6. The smallest absolute Gasteiger partial charge is 0.321 e. The predicted molar refractivity (Wildman–Crippen MR) is 96.1 cm³/mol. The number of anilines is 1. The third-order valence-electron chi connectivity index (χ3n) is 3.75. The molecule has 0 aliphatic rings. The van der Waals surface area contributed by atoms with Crippen LogP contribution in [-0.4, -0.2) is 23.5 Å². The molecule has 0 unspecified atom stereocenters. The standard InChI is InChI=1S/C17H21FN4O2S/c1-10-13(8-11-4-6-12(18)7-5-11)25-16(21-10)22-15(24)20-9-17(2,3)14(19)23/h4-7H,8-9H2,1-3H3,(H2,19,23)(H2,20,21,22,24). The lowest BCUT2D eigenvalue weighted by atomic mass is 9.93. The molecular weight excluding hydrogens is 343 g/mol. The molecule has 1 aromatic carbocycles. The molecule has 0 aliphatic heterocycles. The van der Waals surface area contributed by atoms with Gasteiger partial charge < -0.3 is 11.1 Å². The maximum Gasteiger partial charge on any atom is 0.321 e. The summed E-state index contributed by atoms with van der Waals surface area (Å²) in [7, 11) is 0.